The van der Waals surface area contributed by atoms with E-state index in [9.17, 15) is 9.59 Å². The number of hydrogen-bond donors (Lipinski definition) is 0. The minimum Gasteiger partial charge on any atom is -0.449 e. The summed E-state index contributed by atoms with van der Waals surface area (Å²) in [5.41, 5.74) is 0.188. The molecule has 6 nitrogen and oxygen atoms in total. The molecule has 27 heavy (non-hydrogen) atoms. The van der Waals surface area contributed by atoms with Crippen molar-refractivity contribution in [2.24, 2.45) is 5.92 Å². The van der Waals surface area contributed by atoms with Crippen LogP contribution in [-0.4, -0.2) is 41.0 Å². The van der Waals surface area contributed by atoms with Gasteiger partial charge in [0.2, 0.25) is 5.88 Å². The Morgan fingerprint density at radius 3 is 2.52 bits per heavy atom. The van der Waals surface area contributed by atoms with Gasteiger partial charge in [-0.3, -0.25) is 4.79 Å². The minimum absolute atomic E-state index is 0.153. The van der Waals surface area contributed by atoms with Crippen molar-refractivity contribution in [3.63, 3.8) is 0 Å². The highest BCUT2D eigenvalue weighted by Crippen LogP contribution is 2.24. The number of hydrogen-bond acceptors (Lipinski definition) is 5. The van der Waals surface area contributed by atoms with Crippen LogP contribution in [0.3, 0.4) is 0 Å². The first kappa shape index (κ1) is 18.9. The second kappa shape index (κ2) is 8.66. The summed E-state index contributed by atoms with van der Waals surface area (Å²) in [7, 11) is 0. The highest BCUT2D eigenvalue weighted by atomic mass is 16.6. The SMILES string of the molecule is CC1CCN(C(=O)C(C)OC(=O)c2cccnc2Oc2ccccc2)CC1. The van der Waals surface area contributed by atoms with Crippen LogP contribution in [0.1, 0.15) is 37.0 Å². The highest BCUT2D eigenvalue weighted by Gasteiger charge is 2.28. The Balaban J connectivity index is 1.66. The average molecular weight is 368 g/mol. The number of ether oxygens (including phenoxy) is 2. The second-order valence-electron chi connectivity index (χ2n) is 6.83. The molecule has 1 saturated heterocycles. The van der Waals surface area contributed by atoms with Crippen molar-refractivity contribution < 1.29 is 19.1 Å². The highest BCUT2D eigenvalue weighted by molar-refractivity contribution is 5.94. The van der Waals surface area contributed by atoms with Gasteiger partial charge in [0.1, 0.15) is 11.3 Å². The normalized spacial score (nSPS) is 15.9. The van der Waals surface area contributed by atoms with E-state index in [-0.39, 0.29) is 17.4 Å². The average Bonchev–Trinajstić information content (AvgIpc) is 2.69. The van der Waals surface area contributed by atoms with Gasteiger partial charge in [-0.1, -0.05) is 25.1 Å². The number of esters is 1. The van der Waals surface area contributed by atoms with Gasteiger partial charge in [0.25, 0.3) is 5.91 Å². The zero-order valence-electron chi connectivity index (χ0n) is 15.6. The Bertz CT molecular complexity index is 786. The molecule has 1 aromatic carbocycles. The van der Waals surface area contributed by atoms with Crippen molar-refractivity contribution in [3.05, 3.63) is 54.2 Å². The number of benzene rings is 1. The van der Waals surface area contributed by atoms with Crippen molar-refractivity contribution in [1.82, 2.24) is 9.88 Å². The quantitative estimate of drug-likeness (QED) is 0.753. The molecule has 0 bridgehead atoms. The van der Waals surface area contributed by atoms with Crippen LogP contribution in [0, 0.1) is 5.92 Å². The molecule has 1 atom stereocenters. The fraction of sp³-hybridized carbons (Fsp3) is 0.381. The molecule has 1 fully saturated rings. The summed E-state index contributed by atoms with van der Waals surface area (Å²) >= 11 is 0. The molecule has 1 unspecified atom stereocenters. The lowest BCUT2D eigenvalue weighted by atomic mass is 9.99. The van der Waals surface area contributed by atoms with E-state index < -0.39 is 12.1 Å². The number of pyridine rings is 1. The lowest BCUT2D eigenvalue weighted by Gasteiger charge is -2.31. The fourth-order valence-corrected chi connectivity index (χ4v) is 2.99. The summed E-state index contributed by atoms with van der Waals surface area (Å²) < 4.78 is 11.1. The van der Waals surface area contributed by atoms with Gasteiger partial charge in [-0.2, -0.15) is 0 Å². The number of amides is 1. The molecule has 0 saturated carbocycles. The maximum absolute atomic E-state index is 12.6. The maximum atomic E-state index is 12.6. The third-order valence-electron chi connectivity index (χ3n) is 4.68. The van der Waals surface area contributed by atoms with Crippen LogP contribution < -0.4 is 4.74 Å². The Hall–Kier alpha value is -2.89. The minimum atomic E-state index is -0.851. The van der Waals surface area contributed by atoms with Gasteiger partial charge in [0.15, 0.2) is 6.10 Å². The van der Waals surface area contributed by atoms with E-state index in [1.54, 1.807) is 42.3 Å². The van der Waals surface area contributed by atoms with E-state index in [0.29, 0.717) is 24.8 Å². The number of nitrogens with zero attached hydrogens (tertiary/aromatic N) is 2. The Kier molecular flexibility index (Phi) is 6.06. The van der Waals surface area contributed by atoms with Crippen molar-refractivity contribution in [1.29, 1.82) is 0 Å². The molecule has 2 aromatic rings. The number of para-hydroxylation sites is 1. The van der Waals surface area contributed by atoms with E-state index >= 15 is 0 Å². The molecule has 1 amide bonds. The van der Waals surface area contributed by atoms with Gasteiger partial charge < -0.3 is 14.4 Å². The molecule has 142 valence electrons. The van der Waals surface area contributed by atoms with Crippen molar-refractivity contribution in [2.45, 2.75) is 32.8 Å². The number of carbonyl (C=O) groups is 2. The number of aromatic nitrogens is 1. The summed E-state index contributed by atoms with van der Waals surface area (Å²) in [6.07, 6.45) is 2.64. The van der Waals surface area contributed by atoms with E-state index in [1.807, 2.05) is 18.2 Å². The van der Waals surface area contributed by atoms with Gasteiger partial charge in [-0.05, 0) is 49.9 Å². The molecule has 1 aromatic heterocycles. The Morgan fingerprint density at radius 2 is 1.81 bits per heavy atom. The van der Waals surface area contributed by atoms with Crippen LogP contribution in [0.2, 0.25) is 0 Å². The maximum Gasteiger partial charge on any atom is 0.344 e. The third kappa shape index (κ3) is 4.84. The van der Waals surface area contributed by atoms with Gasteiger partial charge in [-0.25, -0.2) is 9.78 Å². The molecule has 0 spiro atoms. The zero-order valence-corrected chi connectivity index (χ0v) is 15.6. The van der Waals surface area contributed by atoms with E-state index in [1.165, 1.54) is 0 Å². The van der Waals surface area contributed by atoms with Crippen LogP contribution in [-0.2, 0) is 9.53 Å². The molecule has 1 aliphatic rings. The summed E-state index contributed by atoms with van der Waals surface area (Å²) in [5.74, 6) is 0.557. The van der Waals surface area contributed by atoms with Gasteiger partial charge in [-0.15, -0.1) is 0 Å². The van der Waals surface area contributed by atoms with Crippen molar-refractivity contribution >= 4 is 11.9 Å². The fourth-order valence-electron chi connectivity index (χ4n) is 2.99. The first-order valence-electron chi connectivity index (χ1n) is 9.22. The molecule has 6 heteroatoms. The molecular weight excluding hydrogens is 344 g/mol. The summed E-state index contributed by atoms with van der Waals surface area (Å²) in [4.78, 5) is 31.0. The molecule has 1 aliphatic heterocycles. The molecule has 3 rings (SSSR count). The molecule has 0 radical (unpaired) electrons. The van der Waals surface area contributed by atoms with Crippen LogP contribution >= 0.6 is 0 Å². The van der Waals surface area contributed by atoms with Crippen molar-refractivity contribution in [3.8, 4) is 11.6 Å². The first-order valence-corrected chi connectivity index (χ1v) is 9.22. The summed E-state index contributed by atoms with van der Waals surface area (Å²) in [6, 6.07) is 12.3. The van der Waals surface area contributed by atoms with Crippen LogP contribution in [0.5, 0.6) is 11.6 Å². The van der Waals surface area contributed by atoms with Crippen LogP contribution in [0.15, 0.2) is 48.7 Å². The number of likely N-dealkylation sites (tertiary alicyclic amines) is 1. The monoisotopic (exact) mass is 368 g/mol. The van der Waals surface area contributed by atoms with E-state index in [4.69, 9.17) is 9.47 Å². The molecule has 2 heterocycles. The smallest absolute Gasteiger partial charge is 0.344 e. The van der Waals surface area contributed by atoms with Crippen molar-refractivity contribution in [2.75, 3.05) is 13.1 Å². The number of carbonyl (C=O) groups excluding carboxylic acids is 2. The van der Waals surface area contributed by atoms with Crippen LogP contribution in [0.25, 0.3) is 0 Å². The van der Waals surface area contributed by atoms with Gasteiger partial charge >= 0.3 is 5.97 Å². The topological polar surface area (TPSA) is 68.7 Å². The molecular formula is C21H24N2O4. The predicted octanol–water partition coefficient (Wildman–Crippen LogP) is 3.68. The number of rotatable bonds is 5. The first-order chi connectivity index (χ1) is 13.0. The van der Waals surface area contributed by atoms with E-state index in [2.05, 4.69) is 11.9 Å². The molecule has 0 aliphatic carbocycles. The molecule has 0 N–H and O–H groups in total. The standard InChI is InChI=1S/C21H24N2O4/c1-15-10-13-23(14-11-15)20(24)16(2)26-21(25)18-9-6-12-22-19(18)27-17-7-4-3-5-8-17/h3-9,12,15-16H,10-11,13-14H2,1-2H3. The lowest BCUT2D eigenvalue weighted by molar-refractivity contribution is -0.141. The Labute approximate surface area is 159 Å². The predicted molar refractivity (Wildman–Crippen MR) is 101 cm³/mol. The van der Waals surface area contributed by atoms with Crippen LogP contribution in [0.4, 0.5) is 0 Å². The van der Waals surface area contributed by atoms with E-state index in [0.717, 1.165) is 12.8 Å². The second-order valence-corrected chi connectivity index (χ2v) is 6.83. The lowest BCUT2D eigenvalue weighted by Crippen LogP contribution is -2.44. The summed E-state index contributed by atoms with van der Waals surface area (Å²) in [5, 5.41) is 0. The zero-order chi connectivity index (χ0) is 19.2. The largest absolute Gasteiger partial charge is 0.449 e. The number of piperidine rings is 1. The Morgan fingerprint density at radius 1 is 1.11 bits per heavy atom. The van der Waals surface area contributed by atoms with Gasteiger partial charge in [0, 0.05) is 19.3 Å². The third-order valence-corrected chi connectivity index (χ3v) is 4.68. The summed E-state index contributed by atoms with van der Waals surface area (Å²) in [6.45, 7) is 5.20. The van der Waals surface area contributed by atoms with Gasteiger partial charge in [0.05, 0.1) is 0 Å².